The molecular formula is C19H23FN2O4S. The average Bonchev–Trinajstić information content (AvgIpc) is 3.11. The molecule has 2 amide bonds. The van der Waals surface area contributed by atoms with E-state index in [1.54, 1.807) is 25.1 Å². The molecule has 2 heterocycles. The maximum Gasteiger partial charge on any atom is 0.327 e. The first-order valence-corrected chi connectivity index (χ1v) is 10.3. The Labute approximate surface area is 161 Å². The monoisotopic (exact) mass is 394 g/mol. The average molecular weight is 394 g/mol. The van der Waals surface area contributed by atoms with Crippen molar-refractivity contribution in [1.29, 1.82) is 0 Å². The van der Waals surface area contributed by atoms with E-state index in [-0.39, 0.29) is 12.2 Å². The van der Waals surface area contributed by atoms with Crippen LogP contribution in [0, 0.1) is 17.7 Å². The molecule has 1 N–H and O–H groups in total. The van der Waals surface area contributed by atoms with Crippen LogP contribution in [0.25, 0.3) is 0 Å². The van der Waals surface area contributed by atoms with Crippen LogP contribution in [0.4, 0.5) is 4.39 Å². The Morgan fingerprint density at radius 1 is 1.33 bits per heavy atom. The third-order valence-corrected chi connectivity index (χ3v) is 6.07. The van der Waals surface area contributed by atoms with Crippen molar-refractivity contribution in [2.75, 3.05) is 25.7 Å². The minimum absolute atomic E-state index is 0.154. The fourth-order valence-corrected chi connectivity index (χ4v) is 4.71. The van der Waals surface area contributed by atoms with Crippen LogP contribution in [-0.4, -0.2) is 53.9 Å². The predicted molar refractivity (Wildman–Crippen MR) is 99.4 cm³/mol. The van der Waals surface area contributed by atoms with Crippen molar-refractivity contribution >= 4 is 29.5 Å². The minimum atomic E-state index is -1.35. The number of thioether (sulfide) groups is 1. The lowest BCUT2D eigenvalue weighted by molar-refractivity contribution is -0.156. The molecule has 0 saturated carbocycles. The lowest BCUT2D eigenvalue weighted by atomic mass is 9.77. The predicted octanol–water partition coefficient (Wildman–Crippen LogP) is 1.76. The molecule has 27 heavy (non-hydrogen) atoms. The number of rotatable bonds is 6. The van der Waals surface area contributed by atoms with Crippen LogP contribution in [0.2, 0.25) is 0 Å². The third kappa shape index (κ3) is 3.04. The Kier molecular flexibility index (Phi) is 5.58. The number of carbonyl (C=O) groups excluding carboxylic acids is 3. The maximum atomic E-state index is 14.5. The highest BCUT2D eigenvalue weighted by Gasteiger charge is 2.68. The van der Waals surface area contributed by atoms with Gasteiger partial charge in [0.1, 0.15) is 11.4 Å². The Bertz CT molecular complexity index is 774. The van der Waals surface area contributed by atoms with E-state index in [1.807, 2.05) is 6.26 Å². The molecule has 6 nitrogen and oxygen atoms in total. The molecule has 2 saturated heterocycles. The second kappa shape index (κ2) is 7.59. The van der Waals surface area contributed by atoms with E-state index >= 15 is 0 Å². The molecule has 0 spiro atoms. The maximum absolute atomic E-state index is 14.5. The first-order chi connectivity index (χ1) is 12.9. The molecular weight excluding hydrogens is 371 g/mol. The van der Waals surface area contributed by atoms with Gasteiger partial charge in [-0.1, -0.05) is 18.2 Å². The lowest BCUT2D eigenvalue weighted by Gasteiger charge is -2.32. The van der Waals surface area contributed by atoms with Gasteiger partial charge in [0.25, 0.3) is 0 Å². The molecule has 0 aromatic heterocycles. The third-order valence-electron chi connectivity index (χ3n) is 5.46. The second-order valence-electron chi connectivity index (χ2n) is 6.82. The van der Waals surface area contributed by atoms with E-state index in [9.17, 15) is 18.8 Å². The van der Waals surface area contributed by atoms with Crippen LogP contribution in [0.3, 0.4) is 0 Å². The van der Waals surface area contributed by atoms with Crippen LogP contribution in [0.15, 0.2) is 24.3 Å². The number of hydrogen-bond acceptors (Lipinski definition) is 6. The van der Waals surface area contributed by atoms with Gasteiger partial charge in [-0.25, -0.2) is 4.39 Å². The molecule has 3 rings (SSSR count). The van der Waals surface area contributed by atoms with E-state index in [1.165, 1.54) is 24.9 Å². The minimum Gasteiger partial charge on any atom is -0.465 e. The molecule has 1 aromatic rings. The van der Waals surface area contributed by atoms with Crippen molar-refractivity contribution < 1.29 is 23.5 Å². The summed E-state index contributed by atoms with van der Waals surface area (Å²) in [6, 6.07) is 5.35. The van der Waals surface area contributed by atoms with Gasteiger partial charge in [0.05, 0.1) is 18.4 Å². The summed E-state index contributed by atoms with van der Waals surface area (Å²) in [5.74, 6) is -3.04. The van der Waals surface area contributed by atoms with Crippen molar-refractivity contribution in [2.45, 2.75) is 24.9 Å². The zero-order valence-corrected chi connectivity index (χ0v) is 16.3. The van der Waals surface area contributed by atoms with Gasteiger partial charge in [0.2, 0.25) is 11.8 Å². The molecule has 0 aliphatic carbocycles. The number of nitrogens with one attached hydrogen (secondary N) is 1. The van der Waals surface area contributed by atoms with Gasteiger partial charge >= 0.3 is 5.97 Å². The number of esters is 1. The highest BCUT2D eigenvalue weighted by Crippen LogP contribution is 2.50. The second-order valence-corrected chi connectivity index (χ2v) is 7.80. The number of carbonyl (C=O) groups is 3. The zero-order valence-electron chi connectivity index (χ0n) is 15.5. The van der Waals surface area contributed by atoms with E-state index in [0.717, 1.165) is 4.90 Å². The highest BCUT2D eigenvalue weighted by atomic mass is 32.2. The summed E-state index contributed by atoms with van der Waals surface area (Å²) in [4.78, 5) is 39.7. The molecule has 2 aliphatic rings. The lowest BCUT2D eigenvalue weighted by Crippen LogP contribution is -2.56. The number of halogens is 1. The summed E-state index contributed by atoms with van der Waals surface area (Å²) in [6.45, 7) is 1.84. The fraction of sp³-hybridized carbons (Fsp3) is 0.526. The number of benzene rings is 1. The summed E-state index contributed by atoms with van der Waals surface area (Å²) in [5.41, 5.74) is -1.08. The first kappa shape index (κ1) is 19.8. The van der Waals surface area contributed by atoms with Crippen LogP contribution >= 0.6 is 11.8 Å². The zero-order chi connectivity index (χ0) is 19.8. The SMILES string of the molecule is CCOC(=O)[C@]1(CCSC)N[C@@H](c2ccccc2F)[C@H]2C(=O)N(C)C(=O)[C@H]21. The van der Waals surface area contributed by atoms with Gasteiger partial charge in [0.15, 0.2) is 0 Å². The molecule has 8 heteroatoms. The van der Waals surface area contributed by atoms with Crippen LogP contribution < -0.4 is 5.32 Å². The van der Waals surface area contributed by atoms with Crippen LogP contribution in [0.1, 0.15) is 24.9 Å². The molecule has 4 atom stereocenters. The summed E-state index contributed by atoms with van der Waals surface area (Å²) >= 11 is 1.53. The summed E-state index contributed by atoms with van der Waals surface area (Å²) in [5, 5.41) is 3.17. The normalized spacial score (nSPS) is 29.9. The molecule has 2 fully saturated rings. The molecule has 0 bridgehead atoms. The number of amides is 2. The van der Waals surface area contributed by atoms with Crippen molar-refractivity contribution in [3.05, 3.63) is 35.6 Å². The van der Waals surface area contributed by atoms with E-state index < -0.39 is 47.0 Å². The van der Waals surface area contributed by atoms with Gasteiger partial charge < -0.3 is 4.74 Å². The van der Waals surface area contributed by atoms with Gasteiger partial charge in [-0.05, 0) is 31.4 Å². The Balaban J connectivity index is 2.14. The Morgan fingerprint density at radius 3 is 2.67 bits per heavy atom. The van der Waals surface area contributed by atoms with E-state index in [0.29, 0.717) is 12.2 Å². The number of imide groups is 1. The molecule has 1 aromatic carbocycles. The topological polar surface area (TPSA) is 75.7 Å². The van der Waals surface area contributed by atoms with Crippen molar-refractivity contribution in [3.63, 3.8) is 0 Å². The molecule has 0 radical (unpaired) electrons. The quantitative estimate of drug-likeness (QED) is 0.585. The summed E-state index contributed by atoms with van der Waals surface area (Å²) in [7, 11) is 1.41. The van der Waals surface area contributed by atoms with Crippen molar-refractivity contribution in [1.82, 2.24) is 10.2 Å². The van der Waals surface area contributed by atoms with Crippen molar-refractivity contribution in [3.8, 4) is 0 Å². The molecule has 2 aliphatic heterocycles. The van der Waals surface area contributed by atoms with Gasteiger partial charge in [0, 0.05) is 18.7 Å². The van der Waals surface area contributed by atoms with E-state index in [2.05, 4.69) is 5.32 Å². The van der Waals surface area contributed by atoms with Crippen LogP contribution in [-0.2, 0) is 19.1 Å². The molecule has 146 valence electrons. The fourth-order valence-electron chi connectivity index (χ4n) is 4.18. The first-order valence-electron chi connectivity index (χ1n) is 8.88. The molecule has 0 unspecified atom stereocenters. The number of ether oxygens (including phenoxy) is 1. The number of fused-ring (bicyclic) bond motifs is 1. The standard InChI is InChI=1S/C19H23FN2O4S/c1-4-26-18(25)19(9-10-27-3)14-13(16(23)22(2)17(14)24)15(21-19)11-7-5-6-8-12(11)20/h5-8,13-15,21H,4,9-10H2,1-3H3/t13-,14-,15-,19+/m0/s1. The van der Waals surface area contributed by atoms with Crippen molar-refractivity contribution in [2.24, 2.45) is 11.8 Å². The number of nitrogens with zero attached hydrogens (tertiary/aromatic N) is 1. The summed E-state index contributed by atoms with van der Waals surface area (Å²) < 4.78 is 19.8. The summed E-state index contributed by atoms with van der Waals surface area (Å²) in [6.07, 6.45) is 2.21. The largest absolute Gasteiger partial charge is 0.465 e. The van der Waals surface area contributed by atoms with Gasteiger partial charge in [-0.3, -0.25) is 24.6 Å². The number of likely N-dealkylation sites (tertiary alicyclic amines) is 1. The van der Waals surface area contributed by atoms with Crippen LogP contribution in [0.5, 0.6) is 0 Å². The highest BCUT2D eigenvalue weighted by molar-refractivity contribution is 7.98. The Morgan fingerprint density at radius 2 is 2.04 bits per heavy atom. The van der Waals surface area contributed by atoms with E-state index in [4.69, 9.17) is 4.74 Å². The van der Waals surface area contributed by atoms with Gasteiger partial charge in [-0.2, -0.15) is 11.8 Å². The smallest absolute Gasteiger partial charge is 0.327 e. The number of hydrogen-bond donors (Lipinski definition) is 1. The van der Waals surface area contributed by atoms with Gasteiger partial charge in [-0.15, -0.1) is 0 Å². The Hall–Kier alpha value is -1.93.